The molecule has 5 aromatic rings. The topological polar surface area (TPSA) is 33.5 Å². The van der Waals surface area contributed by atoms with Crippen LogP contribution in [0.4, 0.5) is 5.69 Å². The molecule has 0 atom stereocenters. The van der Waals surface area contributed by atoms with E-state index in [0.717, 1.165) is 22.4 Å². The first-order valence-corrected chi connectivity index (χ1v) is 12.2. The zero-order chi connectivity index (χ0) is 27.0. The smallest absolute Gasteiger partial charge is 0.669 e. The van der Waals surface area contributed by atoms with Crippen LogP contribution in [0.2, 0.25) is 0 Å². The molecule has 0 spiro atoms. The molecule has 7 heteroatoms. The largest absolute Gasteiger partial charge is 4.00 e. The average Bonchev–Trinajstić information content (AvgIpc) is 3.66. The number of aryl methyl sites for hydroxylation is 1. The van der Waals surface area contributed by atoms with Crippen molar-refractivity contribution < 1.29 is 46.9 Å². The molecule has 1 aliphatic rings. The summed E-state index contributed by atoms with van der Waals surface area (Å²) in [5, 5.41) is 0. The minimum Gasteiger partial charge on any atom is -0.669 e. The number of nitrogens with zero attached hydrogens (tertiary/aromatic N) is 4. The number of anilines is 1. The van der Waals surface area contributed by atoms with Crippen LogP contribution >= 0.6 is 0 Å². The van der Waals surface area contributed by atoms with Crippen molar-refractivity contribution in [2.75, 3.05) is 11.9 Å². The van der Waals surface area contributed by atoms with Crippen molar-refractivity contribution in [2.45, 2.75) is 6.92 Å². The van der Waals surface area contributed by atoms with Gasteiger partial charge >= 0.3 is 21.1 Å². The van der Waals surface area contributed by atoms with Crippen LogP contribution in [0, 0.1) is 56.4 Å². The second kappa shape index (κ2) is 15.2. The van der Waals surface area contributed by atoms with Gasteiger partial charge in [0.1, 0.15) is 0 Å². The Morgan fingerprint density at radius 1 is 0.902 bits per heavy atom. The van der Waals surface area contributed by atoms with Crippen LogP contribution in [-0.2, 0) is 42.1 Å². The van der Waals surface area contributed by atoms with Crippen molar-refractivity contribution in [3.05, 3.63) is 147 Å². The Balaban J connectivity index is 0.000000452. The fraction of sp³-hybridized carbons (Fsp3) is 0.0588. The SMILES string of the molecule is Cc1cc(Oc2[c-]c(-c3[c-]c(-c4[c-]cccc4)ccn3)[c-]cc2)[c-]c(N2C=CN(C)[CH-]2)c1.[C-]#Cn1cccc1.[Pt+4].[Pt]. The molecule has 0 bridgehead atoms. The fourth-order valence-electron chi connectivity index (χ4n) is 3.80. The van der Waals surface area contributed by atoms with Crippen LogP contribution in [0.5, 0.6) is 11.5 Å². The van der Waals surface area contributed by atoms with E-state index in [1.807, 2.05) is 97.4 Å². The van der Waals surface area contributed by atoms with Crippen molar-refractivity contribution in [2.24, 2.45) is 0 Å². The maximum atomic E-state index is 6.57. The van der Waals surface area contributed by atoms with Crippen molar-refractivity contribution in [3.8, 4) is 39.9 Å². The molecule has 0 aliphatic carbocycles. The molecule has 6 rings (SSSR count). The zero-order valence-electron chi connectivity index (χ0n) is 22.1. The van der Waals surface area contributed by atoms with Crippen LogP contribution in [0.1, 0.15) is 5.56 Å². The molecule has 1 aliphatic heterocycles. The molecule has 2 aromatic heterocycles. The van der Waals surface area contributed by atoms with Gasteiger partial charge in [0, 0.05) is 39.2 Å². The van der Waals surface area contributed by atoms with Crippen LogP contribution in [0.3, 0.4) is 0 Å². The summed E-state index contributed by atoms with van der Waals surface area (Å²) >= 11 is 0. The Morgan fingerprint density at radius 3 is 2.41 bits per heavy atom. The van der Waals surface area contributed by atoms with Crippen molar-refractivity contribution >= 4 is 5.69 Å². The monoisotopic (exact) mass is 893 g/mol. The molecule has 0 N–H and O–H groups in total. The molecule has 0 amide bonds. The molecule has 0 unspecified atom stereocenters. The fourth-order valence-corrected chi connectivity index (χ4v) is 3.80. The third-order valence-electron chi connectivity index (χ3n) is 5.62. The normalized spacial score (nSPS) is 11.4. The summed E-state index contributed by atoms with van der Waals surface area (Å²) in [6.45, 7) is 4.02. The maximum Gasteiger partial charge on any atom is 4.00 e. The first-order valence-electron chi connectivity index (χ1n) is 12.2. The van der Waals surface area contributed by atoms with Crippen LogP contribution in [0.25, 0.3) is 22.4 Å². The maximum absolute atomic E-state index is 6.57. The number of hydrogen-bond acceptors (Lipinski definition) is 4. The predicted molar refractivity (Wildman–Crippen MR) is 151 cm³/mol. The Hall–Kier alpha value is -3.83. The summed E-state index contributed by atoms with van der Waals surface area (Å²) in [5.41, 5.74) is 5.20. The summed E-state index contributed by atoms with van der Waals surface area (Å²) in [4.78, 5) is 8.43. The van der Waals surface area contributed by atoms with Gasteiger partial charge in [0.05, 0.1) is 0 Å². The minimum absolute atomic E-state index is 0. The van der Waals surface area contributed by atoms with Gasteiger partial charge in [-0.05, 0) is 37.8 Å². The number of aromatic nitrogens is 2. The van der Waals surface area contributed by atoms with E-state index >= 15 is 0 Å². The molecule has 0 radical (unpaired) electrons. The second-order valence-corrected chi connectivity index (χ2v) is 8.65. The first kappa shape index (κ1) is 31.7. The van der Waals surface area contributed by atoms with Gasteiger partial charge < -0.3 is 42.1 Å². The summed E-state index contributed by atoms with van der Waals surface area (Å²) in [6.07, 6.45) is 15.8. The van der Waals surface area contributed by atoms with E-state index in [0.29, 0.717) is 22.8 Å². The molecular weight excluding hydrogens is 871 g/mol. The van der Waals surface area contributed by atoms with E-state index in [1.54, 1.807) is 29.2 Å². The van der Waals surface area contributed by atoms with E-state index in [-0.39, 0.29) is 42.1 Å². The van der Waals surface area contributed by atoms with Crippen molar-refractivity contribution in [3.63, 3.8) is 0 Å². The number of hydrogen-bond donors (Lipinski definition) is 0. The number of ether oxygens (including phenoxy) is 1. The molecule has 41 heavy (non-hydrogen) atoms. The Morgan fingerprint density at radius 2 is 1.73 bits per heavy atom. The average molecular weight is 894 g/mol. The van der Waals surface area contributed by atoms with Gasteiger partial charge in [-0.15, -0.1) is 30.0 Å². The second-order valence-electron chi connectivity index (χ2n) is 8.65. The quantitative estimate of drug-likeness (QED) is 0.145. The van der Waals surface area contributed by atoms with E-state index in [2.05, 4.69) is 47.4 Å². The molecule has 3 heterocycles. The van der Waals surface area contributed by atoms with Gasteiger partial charge in [0.25, 0.3) is 0 Å². The molecule has 208 valence electrons. The minimum atomic E-state index is 0. The Kier molecular flexibility index (Phi) is 11.8. The van der Waals surface area contributed by atoms with Gasteiger partial charge in [-0.3, -0.25) is 12.1 Å². The third-order valence-corrected chi connectivity index (χ3v) is 5.62. The van der Waals surface area contributed by atoms with E-state index < -0.39 is 0 Å². The first-order chi connectivity index (χ1) is 19.1. The van der Waals surface area contributed by atoms with Gasteiger partial charge in [0.15, 0.2) is 0 Å². The Bertz CT molecular complexity index is 1610. The van der Waals surface area contributed by atoms with E-state index in [9.17, 15) is 0 Å². The molecule has 0 saturated heterocycles. The van der Waals surface area contributed by atoms with Gasteiger partial charge in [-0.1, -0.05) is 12.7 Å². The van der Waals surface area contributed by atoms with Crippen molar-refractivity contribution in [1.29, 1.82) is 0 Å². The van der Waals surface area contributed by atoms with E-state index in [4.69, 9.17) is 11.2 Å². The molecule has 0 saturated carbocycles. The van der Waals surface area contributed by atoms with Gasteiger partial charge in [-0.25, -0.2) is 23.2 Å². The zero-order valence-corrected chi connectivity index (χ0v) is 26.7. The van der Waals surface area contributed by atoms with Crippen LogP contribution < -0.4 is 9.64 Å². The summed E-state index contributed by atoms with van der Waals surface area (Å²) in [6, 6.07) is 39.6. The van der Waals surface area contributed by atoms with Gasteiger partial charge in [-0.2, -0.15) is 54.3 Å². The van der Waals surface area contributed by atoms with E-state index in [1.165, 1.54) is 0 Å². The summed E-state index contributed by atoms with van der Waals surface area (Å²) in [5.74, 6) is 1.19. The number of rotatable bonds is 5. The van der Waals surface area contributed by atoms with Crippen LogP contribution in [-0.4, -0.2) is 21.5 Å². The standard InChI is InChI=1S/C28H19N3O.C6H4N.2Pt/c1-21-15-25(31-14-13-30(2)20-31)19-27(16-21)32-26-10-6-9-24(17-26)28-18-23(11-12-29-28)22-7-4-3-5-8-22;1-2-7-5-3-4-6-7;;/h3-7,10-16,20H,1-2H3;3-6H;;/q-6;-1;;+4. The summed E-state index contributed by atoms with van der Waals surface area (Å²) < 4.78 is 7.65. The number of pyridine rings is 1. The van der Waals surface area contributed by atoms with Crippen LogP contribution in [0.15, 0.2) is 97.7 Å². The Labute approximate surface area is 271 Å². The third kappa shape index (κ3) is 8.58. The molecule has 5 nitrogen and oxygen atoms in total. The predicted octanol–water partition coefficient (Wildman–Crippen LogP) is 6.74. The van der Waals surface area contributed by atoms with Gasteiger partial charge in [0.2, 0.25) is 0 Å². The van der Waals surface area contributed by atoms with Crippen molar-refractivity contribution in [1.82, 2.24) is 14.5 Å². The molecule has 3 aromatic carbocycles. The molecule has 0 fully saturated rings. The molecular formula is C34H23N4OPt2-3. The summed E-state index contributed by atoms with van der Waals surface area (Å²) in [7, 11) is 1.98. The number of benzene rings is 3.